The molecule has 0 aliphatic carbocycles. The molecule has 1 atom stereocenters. The number of rotatable bonds is 4. The van der Waals surface area contributed by atoms with Crippen molar-refractivity contribution in [3.05, 3.63) is 76.8 Å². The third-order valence-electron chi connectivity index (χ3n) is 5.13. The first-order valence-corrected chi connectivity index (χ1v) is 9.25. The minimum absolute atomic E-state index is 0.172. The Labute approximate surface area is 167 Å². The highest BCUT2D eigenvalue weighted by Crippen LogP contribution is 2.32. The number of methoxy groups -OCH3 is 1. The van der Waals surface area contributed by atoms with E-state index in [1.54, 1.807) is 32.2 Å². The van der Waals surface area contributed by atoms with Gasteiger partial charge in [-0.1, -0.05) is 41.9 Å². The van der Waals surface area contributed by atoms with Crippen LogP contribution in [0.15, 0.2) is 60.7 Å². The number of carbonyl (C=O) groups is 2. The van der Waals surface area contributed by atoms with Crippen molar-refractivity contribution in [1.29, 1.82) is 0 Å². The average Bonchev–Trinajstić information content (AvgIpc) is 2.91. The Hall–Kier alpha value is -3.05. The van der Waals surface area contributed by atoms with E-state index in [-0.39, 0.29) is 12.5 Å². The first kappa shape index (κ1) is 18.3. The van der Waals surface area contributed by atoms with Crippen molar-refractivity contribution >= 4 is 34.3 Å². The van der Waals surface area contributed by atoms with Gasteiger partial charge in [0.15, 0.2) is 0 Å². The maximum absolute atomic E-state index is 13.2. The number of nitrogens with zero attached hydrogens (tertiary/aromatic N) is 1. The lowest BCUT2D eigenvalue weighted by molar-refractivity contribution is -0.131. The van der Waals surface area contributed by atoms with Gasteiger partial charge in [-0.2, -0.15) is 0 Å². The number of fused-ring (bicyclic) bond motifs is 1. The molecule has 0 bridgehead atoms. The fraction of sp³-hybridized carbons (Fsp3) is 0.182. The van der Waals surface area contributed by atoms with Crippen LogP contribution in [0.1, 0.15) is 18.1 Å². The number of benzene rings is 3. The monoisotopic (exact) mass is 394 g/mol. The largest absolute Gasteiger partial charge is 0.497 e. The number of halogens is 1. The van der Waals surface area contributed by atoms with Gasteiger partial charge in [-0.3, -0.25) is 9.69 Å². The summed E-state index contributed by atoms with van der Waals surface area (Å²) in [6.07, 6.45) is 0. The first-order chi connectivity index (χ1) is 13.4. The van der Waals surface area contributed by atoms with Crippen molar-refractivity contribution in [2.24, 2.45) is 0 Å². The molecule has 3 aromatic carbocycles. The molecule has 1 saturated heterocycles. The molecule has 4 rings (SSSR count). The van der Waals surface area contributed by atoms with Gasteiger partial charge in [0.1, 0.15) is 11.3 Å². The zero-order valence-corrected chi connectivity index (χ0v) is 16.3. The topological polar surface area (TPSA) is 58.6 Å². The Morgan fingerprint density at radius 1 is 1.04 bits per heavy atom. The fourth-order valence-corrected chi connectivity index (χ4v) is 3.73. The zero-order chi connectivity index (χ0) is 19.9. The van der Waals surface area contributed by atoms with Crippen LogP contribution in [0.5, 0.6) is 5.75 Å². The molecule has 3 aromatic rings. The second-order valence-electron chi connectivity index (χ2n) is 7.00. The smallest absolute Gasteiger partial charge is 0.325 e. The molecular weight excluding hydrogens is 376 g/mol. The van der Waals surface area contributed by atoms with Crippen molar-refractivity contribution in [2.75, 3.05) is 7.11 Å². The highest BCUT2D eigenvalue weighted by Gasteiger charge is 2.48. The summed E-state index contributed by atoms with van der Waals surface area (Å²) in [5.41, 5.74) is 0.409. The molecular formula is C22H19ClN2O3. The summed E-state index contributed by atoms with van der Waals surface area (Å²) in [5.74, 6) is 0.481. The predicted octanol–water partition coefficient (Wildman–Crippen LogP) is 4.47. The summed E-state index contributed by atoms with van der Waals surface area (Å²) in [5, 5.41) is 5.38. The molecule has 28 heavy (non-hydrogen) atoms. The van der Waals surface area contributed by atoms with Crippen molar-refractivity contribution in [3.63, 3.8) is 0 Å². The molecule has 0 aromatic heterocycles. The molecule has 3 amide bonds. The summed E-state index contributed by atoms with van der Waals surface area (Å²) < 4.78 is 5.26. The van der Waals surface area contributed by atoms with Gasteiger partial charge in [0, 0.05) is 5.02 Å². The minimum atomic E-state index is -1.12. The lowest BCUT2D eigenvalue weighted by atomic mass is 9.90. The van der Waals surface area contributed by atoms with E-state index in [4.69, 9.17) is 16.3 Å². The molecule has 1 fully saturated rings. The number of imide groups is 1. The van der Waals surface area contributed by atoms with Crippen molar-refractivity contribution < 1.29 is 14.3 Å². The van der Waals surface area contributed by atoms with Crippen molar-refractivity contribution in [1.82, 2.24) is 10.2 Å². The first-order valence-electron chi connectivity index (χ1n) is 8.87. The van der Waals surface area contributed by atoms with Crippen molar-refractivity contribution in [3.8, 4) is 5.75 Å². The Kier molecular flexibility index (Phi) is 4.47. The van der Waals surface area contributed by atoms with E-state index in [1.807, 2.05) is 42.5 Å². The number of urea groups is 1. The molecule has 142 valence electrons. The van der Waals surface area contributed by atoms with Gasteiger partial charge in [0.05, 0.1) is 13.7 Å². The number of ether oxygens (including phenoxy) is 1. The molecule has 1 aliphatic rings. The van der Waals surface area contributed by atoms with Gasteiger partial charge in [0.25, 0.3) is 5.91 Å². The quantitative estimate of drug-likeness (QED) is 0.664. The molecule has 1 aliphatic heterocycles. The minimum Gasteiger partial charge on any atom is -0.497 e. The summed E-state index contributed by atoms with van der Waals surface area (Å²) in [6.45, 7) is 1.90. The Morgan fingerprint density at radius 2 is 1.79 bits per heavy atom. The van der Waals surface area contributed by atoms with Crippen LogP contribution >= 0.6 is 11.6 Å². The van der Waals surface area contributed by atoms with Crippen LogP contribution in [-0.4, -0.2) is 23.9 Å². The van der Waals surface area contributed by atoms with E-state index in [0.29, 0.717) is 5.02 Å². The van der Waals surface area contributed by atoms with E-state index >= 15 is 0 Å². The molecule has 0 radical (unpaired) electrons. The number of carbonyl (C=O) groups excluding carboxylic acids is 2. The Morgan fingerprint density at radius 3 is 2.54 bits per heavy atom. The van der Waals surface area contributed by atoms with Crippen LogP contribution in [-0.2, 0) is 16.9 Å². The number of hydrogen-bond donors (Lipinski definition) is 1. The third-order valence-corrected chi connectivity index (χ3v) is 5.36. The molecule has 5 nitrogen and oxygen atoms in total. The molecule has 1 N–H and O–H groups in total. The van der Waals surface area contributed by atoms with Crippen LogP contribution in [0.4, 0.5) is 4.79 Å². The average molecular weight is 395 g/mol. The molecule has 1 heterocycles. The van der Waals surface area contributed by atoms with Gasteiger partial charge in [0.2, 0.25) is 0 Å². The SMILES string of the molecule is COc1ccc2cc(C3(C)NC(=O)N(Cc4cccc(Cl)c4)C3=O)ccc2c1. The van der Waals surface area contributed by atoms with E-state index in [2.05, 4.69) is 5.32 Å². The number of hydrogen-bond acceptors (Lipinski definition) is 3. The second kappa shape index (κ2) is 6.84. The van der Waals surface area contributed by atoms with Crippen molar-refractivity contribution in [2.45, 2.75) is 19.0 Å². The molecule has 6 heteroatoms. The predicted molar refractivity (Wildman–Crippen MR) is 108 cm³/mol. The van der Waals surface area contributed by atoms with Gasteiger partial charge >= 0.3 is 6.03 Å². The van der Waals surface area contributed by atoms with Gasteiger partial charge in [-0.05, 0) is 59.2 Å². The highest BCUT2D eigenvalue weighted by atomic mass is 35.5. The molecule has 0 spiro atoms. The van der Waals surface area contributed by atoms with Crippen LogP contribution in [0.2, 0.25) is 5.02 Å². The van der Waals surface area contributed by atoms with Gasteiger partial charge in [-0.15, -0.1) is 0 Å². The maximum Gasteiger partial charge on any atom is 0.325 e. The van der Waals surface area contributed by atoms with E-state index in [0.717, 1.165) is 27.6 Å². The van der Waals surface area contributed by atoms with Crippen LogP contribution in [0.25, 0.3) is 10.8 Å². The summed E-state index contributed by atoms with van der Waals surface area (Å²) >= 11 is 6.02. The third kappa shape index (κ3) is 3.08. The van der Waals surface area contributed by atoms with E-state index in [9.17, 15) is 9.59 Å². The van der Waals surface area contributed by atoms with Crippen LogP contribution in [0.3, 0.4) is 0 Å². The number of nitrogens with one attached hydrogen (secondary N) is 1. The summed E-state index contributed by atoms with van der Waals surface area (Å²) in [7, 11) is 1.62. The zero-order valence-electron chi connectivity index (χ0n) is 15.5. The molecule has 0 saturated carbocycles. The van der Waals surface area contributed by atoms with E-state index < -0.39 is 11.6 Å². The van der Waals surface area contributed by atoms with Gasteiger partial charge < -0.3 is 10.1 Å². The van der Waals surface area contributed by atoms with Gasteiger partial charge in [-0.25, -0.2) is 4.79 Å². The lowest BCUT2D eigenvalue weighted by Crippen LogP contribution is -2.40. The normalized spacial score (nSPS) is 19.2. The second-order valence-corrected chi connectivity index (χ2v) is 7.44. The lowest BCUT2D eigenvalue weighted by Gasteiger charge is -2.23. The Balaban J connectivity index is 1.66. The van der Waals surface area contributed by atoms with E-state index in [1.165, 1.54) is 4.90 Å². The highest BCUT2D eigenvalue weighted by molar-refractivity contribution is 6.30. The fourth-order valence-electron chi connectivity index (χ4n) is 3.52. The summed E-state index contributed by atoms with van der Waals surface area (Å²) in [4.78, 5) is 26.9. The maximum atomic E-state index is 13.2. The van der Waals surface area contributed by atoms with Crippen LogP contribution in [0, 0.1) is 0 Å². The molecule has 1 unspecified atom stereocenters. The summed E-state index contributed by atoms with van der Waals surface area (Å²) in [6, 6.07) is 18.2. The Bertz CT molecular complexity index is 1100. The van der Waals surface area contributed by atoms with Crippen LogP contribution < -0.4 is 10.1 Å². The standard InChI is InChI=1S/C22H19ClN2O3/c1-22(17-8-6-16-12-19(28-2)9-7-15(16)11-17)20(26)25(21(27)24-22)13-14-4-3-5-18(23)10-14/h3-12H,13H2,1-2H3,(H,24,27). The number of amides is 3.